The molecule has 0 aromatic heterocycles. The Morgan fingerprint density at radius 1 is 0.604 bits per heavy atom. The number of rotatable bonds is 40. The van der Waals surface area contributed by atoms with Crippen LogP contribution in [0, 0.1) is 0 Å². The molecule has 0 bridgehead atoms. The molecule has 10 nitrogen and oxygen atoms in total. The molecular formula is C42H83NO9P+. The Kier molecular flexibility index (Phi) is 35.5. The van der Waals surface area contributed by atoms with Crippen molar-refractivity contribution >= 4 is 19.8 Å². The van der Waals surface area contributed by atoms with Crippen molar-refractivity contribution in [3.8, 4) is 0 Å². The van der Waals surface area contributed by atoms with E-state index in [1.807, 2.05) is 0 Å². The fraction of sp³-hybridized carbons (Fsp3) is 0.905. The summed E-state index contributed by atoms with van der Waals surface area (Å²) in [6.07, 6.45) is 35.0. The molecule has 0 aromatic rings. The molecule has 2 N–H and O–H groups in total. The molecule has 0 radical (unpaired) electrons. The van der Waals surface area contributed by atoms with E-state index in [2.05, 4.69) is 26.0 Å². The quantitative estimate of drug-likeness (QED) is 0.0156. The van der Waals surface area contributed by atoms with Gasteiger partial charge in [0.1, 0.15) is 19.8 Å². The largest absolute Gasteiger partial charge is 0.472 e. The zero-order valence-corrected chi connectivity index (χ0v) is 35.6. The molecule has 0 fully saturated rings. The Labute approximate surface area is 325 Å². The molecule has 0 amide bonds. The van der Waals surface area contributed by atoms with Crippen molar-refractivity contribution in [2.45, 2.75) is 200 Å². The second kappa shape index (κ2) is 36.4. The maximum absolute atomic E-state index is 12.7. The minimum Gasteiger partial charge on any atom is -0.462 e. The summed E-state index contributed by atoms with van der Waals surface area (Å²) in [7, 11) is -0.951. The first-order valence-electron chi connectivity index (χ1n) is 21.6. The average Bonchev–Trinajstić information content (AvgIpc) is 3.12. The van der Waals surface area contributed by atoms with Crippen LogP contribution in [0.1, 0.15) is 194 Å². The lowest BCUT2D eigenvalue weighted by Gasteiger charge is -2.27. The van der Waals surface area contributed by atoms with Gasteiger partial charge in [0.05, 0.1) is 20.7 Å². The van der Waals surface area contributed by atoms with Crippen LogP contribution in [0.4, 0.5) is 0 Å². The summed E-state index contributed by atoms with van der Waals surface area (Å²) >= 11 is 0. The van der Waals surface area contributed by atoms with Crippen molar-refractivity contribution in [3.05, 3.63) is 12.2 Å². The summed E-state index contributed by atoms with van der Waals surface area (Å²) in [5, 5.41) is 9.39. The number of hydrogen-bond acceptors (Lipinski definition) is 8. The topological polar surface area (TPSA) is 129 Å². The number of allylic oxidation sites excluding steroid dienone is 2. The fourth-order valence-corrected chi connectivity index (χ4v) is 6.68. The number of phosphoric ester groups is 1. The zero-order valence-electron chi connectivity index (χ0n) is 34.7. The fourth-order valence-electron chi connectivity index (χ4n) is 5.93. The van der Waals surface area contributed by atoms with Gasteiger partial charge in [-0.1, -0.05) is 154 Å². The van der Waals surface area contributed by atoms with Crippen LogP contribution in [0.5, 0.6) is 0 Å². The Morgan fingerprint density at radius 2 is 1.02 bits per heavy atom. The number of unbranched alkanes of at least 4 members (excludes halogenated alkanes) is 23. The molecule has 11 heteroatoms. The number of carbonyl (C=O) groups excluding carboxylic acids is 2. The van der Waals surface area contributed by atoms with Gasteiger partial charge in [-0.2, -0.15) is 0 Å². The minimum atomic E-state index is -4.46. The van der Waals surface area contributed by atoms with Crippen LogP contribution >= 0.6 is 7.82 Å². The molecule has 0 aromatic carbocycles. The van der Waals surface area contributed by atoms with E-state index in [0.717, 1.165) is 51.4 Å². The highest BCUT2D eigenvalue weighted by molar-refractivity contribution is 7.47. The highest BCUT2D eigenvalue weighted by atomic mass is 31.2. The summed E-state index contributed by atoms with van der Waals surface area (Å²) in [6, 6.07) is 0. The number of quaternary nitrogens is 1. The van der Waals surface area contributed by atoms with Crippen LogP contribution in [0.15, 0.2) is 12.2 Å². The van der Waals surface area contributed by atoms with Gasteiger partial charge in [-0.15, -0.1) is 0 Å². The van der Waals surface area contributed by atoms with E-state index in [1.54, 1.807) is 14.1 Å². The number of phosphoric acid groups is 1. The number of aliphatic hydroxyl groups excluding tert-OH is 1. The Balaban J connectivity index is 4.43. The van der Waals surface area contributed by atoms with Gasteiger partial charge in [0.25, 0.3) is 0 Å². The summed E-state index contributed by atoms with van der Waals surface area (Å²) in [6.45, 7) is 3.80. The SMILES string of the molecule is CCCCCCCC/C=C\CCCCCCCC(=O)O[C@@H](COC(=O)CCCCCCCCCCCCCCC)COP(=O)(O)OCC[N+](C)(C)CO. The molecule has 314 valence electrons. The molecule has 2 atom stereocenters. The number of likely N-dealkylation sites (N-methyl/N-ethyl adjacent to an activating group) is 1. The van der Waals surface area contributed by atoms with Crippen molar-refractivity contribution in [2.24, 2.45) is 0 Å². The van der Waals surface area contributed by atoms with Gasteiger partial charge < -0.3 is 24.0 Å². The van der Waals surface area contributed by atoms with E-state index in [4.69, 9.17) is 18.5 Å². The molecule has 0 saturated heterocycles. The van der Waals surface area contributed by atoms with Crippen molar-refractivity contribution < 1.29 is 47.2 Å². The molecule has 1 unspecified atom stereocenters. The van der Waals surface area contributed by atoms with E-state index in [9.17, 15) is 24.2 Å². The normalized spacial score (nSPS) is 13.7. The van der Waals surface area contributed by atoms with Crippen LogP contribution in [0.3, 0.4) is 0 Å². The first-order valence-corrected chi connectivity index (χ1v) is 23.1. The predicted molar refractivity (Wildman–Crippen MR) is 216 cm³/mol. The second-order valence-electron chi connectivity index (χ2n) is 15.5. The summed E-state index contributed by atoms with van der Waals surface area (Å²) in [5.74, 6) is -0.849. The smallest absolute Gasteiger partial charge is 0.462 e. The maximum atomic E-state index is 12.7. The Hall–Kier alpha value is -1.29. The van der Waals surface area contributed by atoms with Gasteiger partial charge in [0.2, 0.25) is 0 Å². The van der Waals surface area contributed by atoms with Gasteiger partial charge in [-0.05, 0) is 38.5 Å². The van der Waals surface area contributed by atoms with Crippen LogP contribution in [-0.4, -0.2) is 79.7 Å². The van der Waals surface area contributed by atoms with E-state index in [0.29, 0.717) is 6.42 Å². The predicted octanol–water partition coefficient (Wildman–Crippen LogP) is 11.1. The number of ether oxygens (including phenoxy) is 2. The standard InChI is InChI=1S/C42H82NO9P/c1-5-7-9-11-13-15-17-19-20-22-24-26-28-30-32-34-42(46)52-40(38-51-53(47,48)50-36-35-43(3,4)39-44)37-49-41(45)33-31-29-27-25-23-21-18-16-14-12-10-8-6-2/h19-20,40,44H,5-18,21-39H2,1-4H3/p+1/b20-19-/t40-/m0/s1. The van der Waals surface area contributed by atoms with Crippen molar-refractivity contribution in [3.63, 3.8) is 0 Å². The summed E-state index contributed by atoms with van der Waals surface area (Å²) in [5.41, 5.74) is 0. The number of esters is 2. The van der Waals surface area contributed by atoms with Gasteiger partial charge in [-0.3, -0.25) is 18.6 Å². The van der Waals surface area contributed by atoms with E-state index in [1.165, 1.54) is 109 Å². The first-order chi connectivity index (χ1) is 25.5. The second-order valence-corrected chi connectivity index (χ2v) is 17.0. The van der Waals surface area contributed by atoms with Gasteiger partial charge in [0, 0.05) is 12.8 Å². The average molecular weight is 777 g/mol. The number of hydrogen-bond donors (Lipinski definition) is 2. The Morgan fingerprint density at radius 3 is 1.47 bits per heavy atom. The maximum Gasteiger partial charge on any atom is 0.472 e. The lowest BCUT2D eigenvalue weighted by molar-refractivity contribution is -0.908. The van der Waals surface area contributed by atoms with Gasteiger partial charge in [0.15, 0.2) is 12.8 Å². The molecule has 0 aliphatic rings. The molecule has 0 aliphatic heterocycles. The van der Waals surface area contributed by atoms with E-state index >= 15 is 0 Å². The van der Waals surface area contributed by atoms with Crippen LogP contribution < -0.4 is 0 Å². The van der Waals surface area contributed by atoms with Crippen molar-refractivity contribution in [1.82, 2.24) is 0 Å². The third-order valence-corrected chi connectivity index (χ3v) is 10.6. The number of nitrogens with zero attached hydrogens (tertiary/aromatic N) is 1. The van der Waals surface area contributed by atoms with Gasteiger partial charge >= 0.3 is 19.8 Å². The Bertz CT molecular complexity index is 930. The molecule has 53 heavy (non-hydrogen) atoms. The third kappa shape index (κ3) is 37.4. The van der Waals surface area contributed by atoms with E-state index in [-0.39, 0.29) is 49.8 Å². The summed E-state index contributed by atoms with van der Waals surface area (Å²) in [4.78, 5) is 35.3. The molecule has 0 heterocycles. The molecule has 0 spiro atoms. The molecule has 0 saturated carbocycles. The van der Waals surface area contributed by atoms with Crippen LogP contribution in [-0.2, 0) is 32.7 Å². The van der Waals surface area contributed by atoms with Crippen LogP contribution in [0.25, 0.3) is 0 Å². The van der Waals surface area contributed by atoms with Gasteiger partial charge in [-0.25, -0.2) is 4.57 Å². The van der Waals surface area contributed by atoms with Crippen LogP contribution in [0.2, 0.25) is 0 Å². The highest BCUT2D eigenvalue weighted by Crippen LogP contribution is 2.43. The monoisotopic (exact) mass is 777 g/mol. The molecular weight excluding hydrogens is 693 g/mol. The number of aliphatic hydroxyl groups is 1. The summed E-state index contributed by atoms with van der Waals surface area (Å²) < 4.78 is 33.8. The lowest BCUT2D eigenvalue weighted by atomic mass is 10.0. The molecule has 0 aliphatic carbocycles. The van der Waals surface area contributed by atoms with E-state index < -0.39 is 26.5 Å². The lowest BCUT2D eigenvalue weighted by Crippen LogP contribution is -2.42. The highest BCUT2D eigenvalue weighted by Gasteiger charge is 2.27. The van der Waals surface area contributed by atoms with Crippen molar-refractivity contribution in [1.29, 1.82) is 0 Å². The molecule has 0 rings (SSSR count). The third-order valence-electron chi connectivity index (χ3n) is 9.61. The van der Waals surface area contributed by atoms with Crippen molar-refractivity contribution in [2.75, 3.05) is 47.2 Å². The first kappa shape index (κ1) is 51.7. The number of carbonyl (C=O) groups is 2. The minimum absolute atomic E-state index is 0.116. The zero-order chi connectivity index (χ0) is 39.3.